The van der Waals surface area contributed by atoms with Crippen LogP contribution in [-0.2, 0) is 20.3 Å². The lowest BCUT2D eigenvalue weighted by molar-refractivity contribution is -0.0706. The van der Waals surface area contributed by atoms with Gasteiger partial charge in [0.2, 0.25) is 0 Å². The summed E-state index contributed by atoms with van der Waals surface area (Å²) in [6, 6.07) is 5.95. The van der Waals surface area contributed by atoms with Gasteiger partial charge in [0.05, 0.1) is 18.1 Å². The Kier molecular flexibility index (Phi) is 5.30. The van der Waals surface area contributed by atoms with Gasteiger partial charge in [0.1, 0.15) is 5.60 Å². The van der Waals surface area contributed by atoms with Gasteiger partial charge in [0, 0.05) is 6.61 Å². The van der Waals surface area contributed by atoms with Gasteiger partial charge in [-0.05, 0) is 36.8 Å². The minimum Gasteiger partial charge on any atom is -0.386 e. The summed E-state index contributed by atoms with van der Waals surface area (Å²) in [6.07, 6.45) is 1.19. The van der Waals surface area contributed by atoms with E-state index >= 15 is 0 Å². The number of benzene rings is 1. The van der Waals surface area contributed by atoms with Crippen LogP contribution in [0.3, 0.4) is 0 Å². The first-order valence-corrected chi connectivity index (χ1v) is 9.63. The van der Waals surface area contributed by atoms with E-state index in [9.17, 15) is 13.5 Å². The van der Waals surface area contributed by atoms with Crippen molar-refractivity contribution in [3.63, 3.8) is 0 Å². The quantitative estimate of drug-likeness (QED) is 0.903. The Morgan fingerprint density at radius 1 is 1.36 bits per heavy atom. The number of aryl methyl sites for hydroxylation is 1. The maximum atomic E-state index is 12.5. The molecule has 4 nitrogen and oxygen atoms in total. The van der Waals surface area contributed by atoms with E-state index in [0.717, 1.165) is 16.7 Å². The van der Waals surface area contributed by atoms with E-state index in [1.165, 1.54) is 0 Å². The van der Waals surface area contributed by atoms with E-state index in [0.29, 0.717) is 19.4 Å². The van der Waals surface area contributed by atoms with Gasteiger partial charge in [0.25, 0.3) is 0 Å². The third kappa shape index (κ3) is 4.54. The molecule has 1 aromatic rings. The summed E-state index contributed by atoms with van der Waals surface area (Å²) in [5.74, 6) is 0.0163. The molecule has 0 spiro atoms. The van der Waals surface area contributed by atoms with Crippen LogP contribution in [0.15, 0.2) is 18.2 Å². The van der Waals surface area contributed by atoms with Gasteiger partial charge in [-0.2, -0.15) is 0 Å². The zero-order valence-electron chi connectivity index (χ0n) is 13.6. The van der Waals surface area contributed by atoms with Gasteiger partial charge in [-0.25, -0.2) is 8.42 Å². The highest BCUT2D eigenvalue weighted by Crippen LogP contribution is 2.26. The van der Waals surface area contributed by atoms with Gasteiger partial charge in [-0.3, -0.25) is 0 Å². The Morgan fingerprint density at radius 3 is 2.68 bits per heavy atom. The van der Waals surface area contributed by atoms with Crippen molar-refractivity contribution in [1.29, 1.82) is 0 Å². The predicted molar refractivity (Wildman–Crippen MR) is 87.8 cm³/mol. The van der Waals surface area contributed by atoms with Crippen molar-refractivity contribution in [1.82, 2.24) is 0 Å². The van der Waals surface area contributed by atoms with E-state index in [-0.39, 0.29) is 24.0 Å². The number of ether oxygens (including phenoxy) is 1. The fourth-order valence-electron chi connectivity index (χ4n) is 3.07. The van der Waals surface area contributed by atoms with Crippen molar-refractivity contribution in [2.45, 2.75) is 50.9 Å². The molecule has 1 heterocycles. The van der Waals surface area contributed by atoms with Crippen LogP contribution >= 0.6 is 0 Å². The molecule has 1 N–H and O–H groups in total. The van der Waals surface area contributed by atoms with Gasteiger partial charge < -0.3 is 9.84 Å². The molecule has 5 heteroatoms. The van der Waals surface area contributed by atoms with Crippen molar-refractivity contribution in [3.05, 3.63) is 34.9 Å². The van der Waals surface area contributed by atoms with Crippen LogP contribution in [0.25, 0.3) is 0 Å². The van der Waals surface area contributed by atoms with Crippen LogP contribution in [0, 0.1) is 6.92 Å². The van der Waals surface area contributed by atoms with E-state index in [4.69, 9.17) is 4.74 Å². The minimum atomic E-state index is -3.40. The van der Waals surface area contributed by atoms with Crippen LogP contribution in [-0.4, -0.2) is 38.1 Å². The van der Waals surface area contributed by atoms with Crippen LogP contribution in [0.5, 0.6) is 0 Å². The molecular weight excluding hydrogens is 300 g/mol. The van der Waals surface area contributed by atoms with Gasteiger partial charge in [-0.15, -0.1) is 0 Å². The van der Waals surface area contributed by atoms with E-state index in [1.807, 2.05) is 25.1 Å². The molecule has 124 valence electrons. The fraction of sp³-hybridized carbons (Fsp3) is 0.647. The Hall–Kier alpha value is -0.910. The average molecular weight is 326 g/mol. The molecule has 1 aliphatic heterocycles. The maximum Gasteiger partial charge on any atom is 0.157 e. The van der Waals surface area contributed by atoms with Crippen molar-refractivity contribution in [2.24, 2.45) is 0 Å². The normalized spacial score (nSPS) is 23.0. The topological polar surface area (TPSA) is 63.6 Å². The fourth-order valence-corrected chi connectivity index (χ4v) is 4.94. The first-order chi connectivity index (χ1) is 10.2. The van der Waals surface area contributed by atoms with Crippen LogP contribution in [0.1, 0.15) is 49.3 Å². The van der Waals surface area contributed by atoms with E-state index in [2.05, 4.69) is 13.8 Å². The lowest BCUT2D eigenvalue weighted by atomic mass is 9.96. The number of hydrogen-bond donors (Lipinski definition) is 1. The molecule has 0 radical (unpaired) electrons. The van der Waals surface area contributed by atoms with Crippen LogP contribution < -0.4 is 0 Å². The SMILES string of the molecule is Cc1ccc(C(C)C)c(CS(=O)(=O)CC2(O)CCCOC2)c1. The highest BCUT2D eigenvalue weighted by Gasteiger charge is 2.35. The molecule has 1 aromatic carbocycles. The summed E-state index contributed by atoms with van der Waals surface area (Å²) >= 11 is 0. The Balaban J connectivity index is 2.20. The zero-order valence-corrected chi connectivity index (χ0v) is 14.4. The second-order valence-corrected chi connectivity index (χ2v) is 8.83. The number of sulfone groups is 1. The lowest BCUT2D eigenvalue weighted by Gasteiger charge is -2.31. The Labute approximate surface area is 133 Å². The first kappa shape index (κ1) is 17.4. The van der Waals surface area contributed by atoms with Gasteiger partial charge in [0.15, 0.2) is 9.84 Å². The summed E-state index contributed by atoms with van der Waals surface area (Å²) < 4.78 is 30.3. The number of hydrogen-bond acceptors (Lipinski definition) is 4. The third-order valence-electron chi connectivity index (χ3n) is 4.09. The molecule has 1 aliphatic rings. The Morgan fingerprint density at radius 2 is 2.09 bits per heavy atom. The average Bonchev–Trinajstić information content (AvgIpc) is 2.37. The molecule has 0 amide bonds. The van der Waals surface area contributed by atoms with Crippen molar-refractivity contribution in [2.75, 3.05) is 19.0 Å². The predicted octanol–water partition coefficient (Wildman–Crippen LogP) is 2.57. The van der Waals surface area contributed by atoms with Crippen molar-refractivity contribution >= 4 is 9.84 Å². The monoisotopic (exact) mass is 326 g/mol. The zero-order chi connectivity index (χ0) is 16.4. The lowest BCUT2D eigenvalue weighted by Crippen LogP contribution is -2.45. The molecule has 2 rings (SSSR count). The van der Waals surface area contributed by atoms with Crippen molar-refractivity contribution < 1.29 is 18.3 Å². The molecule has 22 heavy (non-hydrogen) atoms. The third-order valence-corrected chi connectivity index (χ3v) is 5.81. The highest BCUT2D eigenvalue weighted by molar-refractivity contribution is 7.90. The molecule has 1 atom stereocenters. The van der Waals surface area contributed by atoms with Gasteiger partial charge >= 0.3 is 0 Å². The van der Waals surface area contributed by atoms with Crippen molar-refractivity contribution in [3.8, 4) is 0 Å². The summed E-state index contributed by atoms with van der Waals surface area (Å²) in [4.78, 5) is 0. The second-order valence-electron chi connectivity index (χ2n) is 6.77. The molecule has 0 bridgehead atoms. The van der Waals surface area contributed by atoms with Gasteiger partial charge in [-0.1, -0.05) is 37.6 Å². The standard InChI is InChI=1S/C17H26O4S/c1-13(2)16-6-5-14(3)9-15(16)10-22(19,20)12-17(18)7-4-8-21-11-17/h5-6,9,13,18H,4,7-8,10-12H2,1-3H3. The Bertz CT molecular complexity index is 614. The van der Waals surface area contributed by atoms with E-state index < -0.39 is 15.4 Å². The van der Waals surface area contributed by atoms with Crippen LogP contribution in [0.2, 0.25) is 0 Å². The first-order valence-electron chi connectivity index (χ1n) is 7.81. The molecule has 0 saturated carbocycles. The minimum absolute atomic E-state index is 0.0233. The number of aliphatic hydroxyl groups is 1. The summed E-state index contributed by atoms with van der Waals surface area (Å²) in [5.41, 5.74) is 1.71. The summed E-state index contributed by atoms with van der Waals surface area (Å²) in [7, 11) is -3.40. The highest BCUT2D eigenvalue weighted by atomic mass is 32.2. The molecule has 1 unspecified atom stereocenters. The smallest absolute Gasteiger partial charge is 0.157 e. The van der Waals surface area contributed by atoms with Crippen LogP contribution in [0.4, 0.5) is 0 Å². The molecule has 0 aliphatic carbocycles. The number of rotatable bonds is 5. The maximum absolute atomic E-state index is 12.5. The summed E-state index contributed by atoms with van der Waals surface area (Å²) in [6.45, 7) is 6.78. The molecule has 1 fully saturated rings. The summed E-state index contributed by atoms with van der Waals surface area (Å²) in [5, 5.41) is 10.4. The molecular formula is C17H26O4S. The molecule has 1 saturated heterocycles. The second kappa shape index (κ2) is 6.69. The molecule has 0 aromatic heterocycles. The van der Waals surface area contributed by atoms with E-state index in [1.54, 1.807) is 0 Å². The largest absolute Gasteiger partial charge is 0.386 e.